The molecule has 0 spiro atoms. The normalized spacial score (nSPS) is 25.1. The first kappa shape index (κ1) is 16.4. The Hall–Kier alpha value is -0.610. The van der Waals surface area contributed by atoms with Crippen LogP contribution in [-0.4, -0.2) is 42.3 Å². The van der Waals surface area contributed by atoms with Crippen molar-refractivity contribution in [2.45, 2.75) is 78.1 Å². The van der Waals surface area contributed by atoms with Gasteiger partial charge in [-0.3, -0.25) is 10.1 Å². The topological polar surface area (TPSA) is 41.6 Å². The van der Waals surface area contributed by atoms with Crippen molar-refractivity contribution in [3.8, 4) is 0 Å². The van der Waals surface area contributed by atoms with E-state index < -0.39 is 0 Å². The molecule has 0 saturated carbocycles. The van der Waals surface area contributed by atoms with Crippen molar-refractivity contribution < 1.29 is 9.53 Å². The summed E-state index contributed by atoms with van der Waals surface area (Å²) < 4.78 is 5.57. The first-order chi connectivity index (χ1) is 9.13. The van der Waals surface area contributed by atoms with Gasteiger partial charge in [0.25, 0.3) is 0 Å². The van der Waals surface area contributed by atoms with Crippen LogP contribution >= 0.6 is 0 Å². The van der Waals surface area contributed by atoms with Crippen LogP contribution in [0.5, 0.6) is 0 Å². The van der Waals surface area contributed by atoms with Gasteiger partial charge in [0.2, 0.25) is 5.91 Å². The van der Waals surface area contributed by atoms with E-state index in [1.165, 1.54) is 0 Å². The molecule has 4 nitrogen and oxygen atoms in total. The molecule has 1 fully saturated rings. The van der Waals surface area contributed by atoms with Crippen molar-refractivity contribution in [1.29, 1.82) is 0 Å². The summed E-state index contributed by atoms with van der Waals surface area (Å²) >= 11 is 0. The molecular formula is C15H30N2O2. The van der Waals surface area contributed by atoms with Gasteiger partial charge < -0.3 is 9.64 Å². The molecule has 1 amide bonds. The van der Waals surface area contributed by atoms with Gasteiger partial charge in [-0.2, -0.15) is 0 Å². The molecule has 0 bridgehead atoms. The van der Waals surface area contributed by atoms with Gasteiger partial charge in [-0.25, -0.2) is 0 Å². The lowest BCUT2D eigenvalue weighted by atomic mass is 10.1. The Labute approximate surface area is 117 Å². The second-order valence-electron chi connectivity index (χ2n) is 5.42. The highest BCUT2D eigenvalue weighted by molar-refractivity contribution is 5.84. The van der Waals surface area contributed by atoms with E-state index in [4.69, 9.17) is 4.74 Å². The fraction of sp³-hybridized carbons (Fsp3) is 0.933. The number of rotatable bonds is 9. The number of carbonyl (C=O) groups excluding carboxylic acids is 1. The van der Waals surface area contributed by atoms with E-state index in [0.717, 1.165) is 32.1 Å². The largest absolute Gasteiger partial charge is 0.377 e. The number of nitrogens with one attached hydrogen (secondary N) is 1. The van der Waals surface area contributed by atoms with Crippen LogP contribution in [0.15, 0.2) is 0 Å². The zero-order chi connectivity index (χ0) is 14.3. The number of hydrogen-bond donors (Lipinski definition) is 1. The minimum atomic E-state index is 0.0188. The molecule has 0 aromatic rings. The molecule has 19 heavy (non-hydrogen) atoms. The summed E-state index contributed by atoms with van der Waals surface area (Å²) in [5.41, 5.74) is 0. The second-order valence-corrected chi connectivity index (χ2v) is 5.42. The van der Waals surface area contributed by atoms with Crippen LogP contribution in [0.25, 0.3) is 0 Å². The van der Waals surface area contributed by atoms with E-state index in [9.17, 15) is 4.79 Å². The summed E-state index contributed by atoms with van der Waals surface area (Å²) in [6.07, 6.45) is 5.62. The zero-order valence-corrected chi connectivity index (χ0v) is 12.9. The maximum atomic E-state index is 12.4. The van der Waals surface area contributed by atoms with Crippen LogP contribution in [-0.2, 0) is 9.53 Å². The quantitative estimate of drug-likeness (QED) is 0.700. The van der Waals surface area contributed by atoms with Gasteiger partial charge in [0.05, 0.1) is 18.3 Å². The van der Waals surface area contributed by atoms with E-state index in [-0.39, 0.29) is 24.2 Å². The van der Waals surface area contributed by atoms with Crippen molar-refractivity contribution in [2.24, 2.45) is 0 Å². The Morgan fingerprint density at radius 3 is 2.58 bits per heavy atom. The number of hydrogen-bond acceptors (Lipinski definition) is 3. The van der Waals surface area contributed by atoms with Gasteiger partial charge in [-0.05, 0) is 26.7 Å². The minimum absolute atomic E-state index is 0.0188. The highest BCUT2D eigenvalue weighted by Crippen LogP contribution is 2.19. The van der Waals surface area contributed by atoms with Gasteiger partial charge in [-0.1, -0.05) is 33.1 Å². The van der Waals surface area contributed by atoms with Crippen LogP contribution in [0.4, 0.5) is 0 Å². The highest BCUT2D eigenvalue weighted by Gasteiger charge is 2.38. The first-order valence-electron chi connectivity index (χ1n) is 7.82. The second kappa shape index (κ2) is 8.54. The number of nitrogens with zero attached hydrogens (tertiary/aromatic N) is 1. The van der Waals surface area contributed by atoms with Gasteiger partial charge in [0.1, 0.15) is 0 Å². The molecule has 1 aliphatic rings. The molecule has 1 heterocycles. The van der Waals surface area contributed by atoms with Crippen LogP contribution in [0.3, 0.4) is 0 Å². The number of unbranched alkanes of at least 4 members (excludes halogenated alkanes) is 1. The Morgan fingerprint density at radius 1 is 1.26 bits per heavy atom. The van der Waals surface area contributed by atoms with Crippen molar-refractivity contribution in [3.05, 3.63) is 0 Å². The zero-order valence-electron chi connectivity index (χ0n) is 12.9. The molecule has 1 aliphatic heterocycles. The fourth-order valence-corrected chi connectivity index (χ4v) is 2.71. The number of carbonyl (C=O) groups is 1. The smallest absolute Gasteiger partial charge is 0.241 e. The maximum Gasteiger partial charge on any atom is 0.241 e. The summed E-state index contributed by atoms with van der Waals surface area (Å²) in [5, 5.41) is 3.49. The molecule has 4 heteroatoms. The molecule has 3 atom stereocenters. The predicted octanol–water partition coefficient (Wildman–Crippen LogP) is 2.53. The van der Waals surface area contributed by atoms with Crippen LogP contribution in [0.1, 0.15) is 59.8 Å². The summed E-state index contributed by atoms with van der Waals surface area (Å²) in [7, 11) is 0. The van der Waals surface area contributed by atoms with E-state index in [1.807, 2.05) is 18.7 Å². The predicted molar refractivity (Wildman–Crippen MR) is 77.9 cm³/mol. The molecule has 3 unspecified atom stereocenters. The van der Waals surface area contributed by atoms with Crippen LogP contribution < -0.4 is 5.32 Å². The van der Waals surface area contributed by atoms with E-state index >= 15 is 0 Å². The molecular weight excluding hydrogens is 240 g/mol. The molecule has 1 saturated heterocycles. The van der Waals surface area contributed by atoms with E-state index in [0.29, 0.717) is 13.2 Å². The molecule has 0 aliphatic carbocycles. The summed E-state index contributed by atoms with van der Waals surface area (Å²) in [5.74, 6) is 0.262. The highest BCUT2D eigenvalue weighted by atomic mass is 16.5. The monoisotopic (exact) mass is 270 g/mol. The SMILES string of the molecule is CCCCC1NC(CCC)N(CC(C)OCC)C1=O. The third-order valence-corrected chi connectivity index (χ3v) is 3.66. The van der Waals surface area contributed by atoms with Gasteiger partial charge in [0.15, 0.2) is 0 Å². The van der Waals surface area contributed by atoms with Gasteiger partial charge >= 0.3 is 0 Å². The number of ether oxygens (including phenoxy) is 1. The lowest BCUT2D eigenvalue weighted by molar-refractivity contribution is -0.132. The first-order valence-corrected chi connectivity index (χ1v) is 7.82. The third kappa shape index (κ3) is 4.77. The van der Waals surface area contributed by atoms with Crippen molar-refractivity contribution in [1.82, 2.24) is 10.2 Å². The summed E-state index contributed by atoms with van der Waals surface area (Å²) in [4.78, 5) is 14.4. The lowest BCUT2D eigenvalue weighted by Crippen LogP contribution is -2.41. The summed E-state index contributed by atoms with van der Waals surface area (Å²) in [6.45, 7) is 9.77. The summed E-state index contributed by atoms with van der Waals surface area (Å²) in [6, 6.07) is 0.0188. The van der Waals surface area contributed by atoms with Crippen LogP contribution in [0.2, 0.25) is 0 Å². The Morgan fingerprint density at radius 2 is 2.00 bits per heavy atom. The van der Waals surface area contributed by atoms with E-state index in [2.05, 4.69) is 19.2 Å². The average molecular weight is 270 g/mol. The van der Waals surface area contributed by atoms with Crippen molar-refractivity contribution in [2.75, 3.05) is 13.2 Å². The van der Waals surface area contributed by atoms with E-state index in [1.54, 1.807) is 0 Å². The lowest BCUT2D eigenvalue weighted by Gasteiger charge is -2.26. The Bertz CT molecular complexity index is 271. The average Bonchev–Trinajstić information content (AvgIpc) is 2.66. The Balaban J connectivity index is 2.60. The third-order valence-electron chi connectivity index (χ3n) is 3.66. The molecule has 0 aromatic carbocycles. The molecule has 0 radical (unpaired) electrons. The van der Waals surface area contributed by atoms with Crippen LogP contribution in [0, 0.1) is 0 Å². The fourth-order valence-electron chi connectivity index (χ4n) is 2.71. The standard InChI is InChI=1S/C15H30N2O2/c1-5-8-10-13-15(18)17(11-12(4)19-7-3)14(16-13)9-6-2/h12-14,16H,5-11H2,1-4H3. The maximum absolute atomic E-state index is 12.4. The minimum Gasteiger partial charge on any atom is -0.377 e. The molecule has 1 rings (SSSR count). The van der Waals surface area contributed by atoms with Crippen molar-refractivity contribution in [3.63, 3.8) is 0 Å². The molecule has 0 aromatic heterocycles. The molecule has 1 N–H and O–H groups in total. The van der Waals surface area contributed by atoms with Crippen molar-refractivity contribution >= 4 is 5.91 Å². The van der Waals surface area contributed by atoms with Gasteiger partial charge in [0, 0.05) is 13.2 Å². The number of amides is 1. The Kier molecular flexibility index (Phi) is 7.39. The van der Waals surface area contributed by atoms with Gasteiger partial charge in [-0.15, -0.1) is 0 Å². The molecule has 112 valence electrons.